The number of hydrogen-bond acceptors (Lipinski definition) is 0. The minimum atomic E-state index is 0.233. The van der Waals surface area contributed by atoms with Crippen LogP contribution in [0.25, 0.3) is 49.7 Å². The van der Waals surface area contributed by atoms with Gasteiger partial charge >= 0.3 is 0 Å². The zero-order valence-electron chi connectivity index (χ0n) is 29.5. The Labute approximate surface area is 306 Å². The van der Waals surface area contributed by atoms with Crippen LogP contribution in [-0.2, 0) is 0 Å². The molecule has 0 spiro atoms. The van der Waals surface area contributed by atoms with E-state index in [0.717, 1.165) is 12.8 Å². The Morgan fingerprint density at radius 2 is 1.21 bits per heavy atom. The van der Waals surface area contributed by atoms with Crippen LogP contribution in [0, 0.1) is 6.92 Å². The highest BCUT2D eigenvalue weighted by molar-refractivity contribution is 6.10. The summed E-state index contributed by atoms with van der Waals surface area (Å²) in [6.45, 7) is 2.16. The molecule has 2 atom stereocenters. The van der Waals surface area contributed by atoms with E-state index in [4.69, 9.17) is 0 Å². The molecule has 0 saturated heterocycles. The predicted octanol–water partition coefficient (Wildman–Crippen LogP) is 13.6. The number of rotatable bonds is 8. The van der Waals surface area contributed by atoms with Gasteiger partial charge in [0.2, 0.25) is 0 Å². The van der Waals surface area contributed by atoms with Crippen LogP contribution in [0.15, 0.2) is 200 Å². The van der Waals surface area contributed by atoms with Crippen LogP contribution in [0.4, 0.5) is 0 Å². The van der Waals surface area contributed by atoms with Crippen molar-refractivity contribution in [3.63, 3.8) is 0 Å². The second-order valence-corrected chi connectivity index (χ2v) is 14.2. The van der Waals surface area contributed by atoms with Gasteiger partial charge in [0, 0.05) is 28.3 Å². The molecule has 2 unspecified atom stereocenters. The molecule has 0 saturated carbocycles. The lowest BCUT2D eigenvalue weighted by Gasteiger charge is -2.23. The van der Waals surface area contributed by atoms with Gasteiger partial charge in [-0.05, 0) is 94.6 Å². The zero-order valence-corrected chi connectivity index (χ0v) is 29.5. The fraction of sp³-hybridized carbons (Fsp3) is 0.0980. The molecular weight excluding hydrogens is 627 g/mol. The topological polar surface area (TPSA) is 4.93 Å². The lowest BCUT2D eigenvalue weighted by atomic mass is 9.81. The van der Waals surface area contributed by atoms with Crippen molar-refractivity contribution in [1.29, 1.82) is 0 Å². The molecule has 0 aliphatic heterocycles. The lowest BCUT2D eigenvalue weighted by molar-refractivity contribution is 0.777. The molecule has 7 aromatic carbocycles. The van der Waals surface area contributed by atoms with E-state index in [-0.39, 0.29) is 5.92 Å². The molecule has 1 aliphatic rings. The van der Waals surface area contributed by atoms with Crippen molar-refractivity contribution in [2.24, 2.45) is 0 Å². The van der Waals surface area contributed by atoms with E-state index >= 15 is 0 Å². The first-order valence-electron chi connectivity index (χ1n) is 18.5. The number of allylic oxidation sites excluding steroid dienone is 4. The fourth-order valence-corrected chi connectivity index (χ4v) is 8.10. The number of nitrogens with zero attached hydrogens (tertiary/aromatic N) is 1. The van der Waals surface area contributed by atoms with Gasteiger partial charge in [0.1, 0.15) is 0 Å². The molecule has 1 heteroatoms. The zero-order chi connectivity index (χ0) is 34.9. The summed E-state index contributed by atoms with van der Waals surface area (Å²) in [7, 11) is 0. The van der Waals surface area contributed by atoms with Crippen LogP contribution in [0.1, 0.15) is 46.9 Å². The first-order chi connectivity index (χ1) is 25.7. The van der Waals surface area contributed by atoms with Gasteiger partial charge in [-0.3, -0.25) is 0 Å². The van der Waals surface area contributed by atoms with Crippen molar-refractivity contribution in [3.8, 4) is 27.9 Å². The van der Waals surface area contributed by atoms with Crippen LogP contribution >= 0.6 is 0 Å². The maximum Gasteiger partial charge on any atom is 0.0541 e. The normalized spacial score (nSPS) is 14.8. The third kappa shape index (κ3) is 6.20. The van der Waals surface area contributed by atoms with Gasteiger partial charge in [0.25, 0.3) is 0 Å². The van der Waals surface area contributed by atoms with Gasteiger partial charge < -0.3 is 4.57 Å². The Morgan fingerprint density at radius 3 is 2.00 bits per heavy atom. The molecule has 1 nitrogen and oxygen atoms in total. The second-order valence-electron chi connectivity index (χ2n) is 14.2. The van der Waals surface area contributed by atoms with Crippen LogP contribution in [0.3, 0.4) is 0 Å². The van der Waals surface area contributed by atoms with Gasteiger partial charge in [-0.2, -0.15) is 0 Å². The van der Waals surface area contributed by atoms with E-state index in [1.165, 1.54) is 77.6 Å². The Bertz CT molecular complexity index is 2570. The van der Waals surface area contributed by atoms with Gasteiger partial charge in [-0.15, -0.1) is 0 Å². The van der Waals surface area contributed by atoms with Crippen LogP contribution in [-0.4, -0.2) is 4.57 Å². The van der Waals surface area contributed by atoms with Crippen molar-refractivity contribution < 1.29 is 0 Å². The molecule has 52 heavy (non-hydrogen) atoms. The van der Waals surface area contributed by atoms with E-state index in [9.17, 15) is 0 Å². The summed E-state index contributed by atoms with van der Waals surface area (Å²) in [6, 6.07) is 64.6. The maximum absolute atomic E-state index is 2.46. The van der Waals surface area contributed by atoms with Gasteiger partial charge in [-0.1, -0.05) is 169 Å². The molecular formula is C51H41N. The molecule has 0 bridgehead atoms. The van der Waals surface area contributed by atoms with Crippen LogP contribution < -0.4 is 0 Å². The van der Waals surface area contributed by atoms with Crippen molar-refractivity contribution in [3.05, 3.63) is 222 Å². The lowest BCUT2D eigenvalue weighted by Crippen LogP contribution is -2.05. The van der Waals surface area contributed by atoms with Gasteiger partial charge in [-0.25, -0.2) is 0 Å². The molecule has 0 fully saturated rings. The van der Waals surface area contributed by atoms with E-state index in [1.54, 1.807) is 0 Å². The Morgan fingerprint density at radius 1 is 0.538 bits per heavy atom. The Kier molecular flexibility index (Phi) is 8.47. The largest absolute Gasteiger partial charge is 0.309 e. The van der Waals surface area contributed by atoms with Crippen molar-refractivity contribution in [2.45, 2.75) is 31.6 Å². The van der Waals surface area contributed by atoms with E-state index in [0.29, 0.717) is 5.92 Å². The van der Waals surface area contributed by atoms with Gasteiger partial charge in [0.15, 0.2) is 0 Å². The van der Waals surface area contributed by atoms with Crippen molar-refractivity contribution in [1.82, 2.24) is 4.57 Å². The highest BCUT2D eigenvalue weighted by Crippen LogP contribution is 2.39. The molecule has 0 radical (unpaired) electrons. The van der Waals surface area contributed by atoms with Crippen molar-refractivity contribution >= 4 is 21.8 Å². The highest BCUT2D eigenvalue weighted by Gasteiger charge is 2.20. The number of benzene rings is 7. The number of para-hydroxylation sites is 1. The van der Waals surface area contributed by atoms with Crippen molar-refractivity contribution in [2.75, 3.05) is 0 Å². The fourth-order valence-electron chi connectivity index (χ4n) is 8.10. The third-order valence-electron chi connectivity index (χ3n) is 10.8. The minimum absolute atomic E-state index is 0.233. The minimum Gasteiger partial charge on any atom is -0.309 e. The summed E-state index contributed by atoms with van der Waals surface area (Å²) in [5.41, 5.74) is 15.4. The molecule has 1 aliphatic carbocycles. The first kappa shape index (κ1) is 31.8. The predicted molar refractivity (Wildman–Crippen MR) is 220 cm³/mol. The first-order valence-corrected chi connectivity index (χ1v) is 18.5. The quantitative estimate of drug-likeness (QED) is 0.152. The molecule has 0 amide bonds. The standard InChI is InChI=1S/C51H41N/c1-36-12-10-19-46(32-36)52-50-21-9-8-20-47(50)49-35-44(30-31-51(49)52)41-26-28-42(29-27-41)48(45-18-11-17-43(34-45)39-15-6-3-7-16-39)33-37-22-24-40(25-23-37)38-13-4-2-5-14-38/h2-24,26-32,34-35,40,48H,25,33H2,1H3. The molecule has 0 N–H and O–H groups in total. The molecule has 9 rings (SSSR count). The van der Waals surface area contributed by atoms with E-state index in [1.807, 2.05) is 0 Å². The van der Waals surface area contributed by atoms with Gasteiger partial charge in [0.05, 0.1) is 11.0 Å². The Hall–Kier alpha value is -6.18. The highest BCUT2D eigenvalue weighted by atomic mass is 15.0. The molecule has 1 heterocycles. The molecule has 1 aromatic heterocycles. The average molecular weight is 668 g/mol. The maximum atomic E-state index is 2.46. The number of aromatic nitrogens is 1. The van der Waals surface area contributed by atoms with E-state index in [2.05, 4.69) is 206 Å². The summed E-state index contributed by atoms with van der Waals surface area (Å²) in [5.74, 6) is 0.670. The molecule has 250 valence electrons. The van der Waals surface area contributed by atoms with E-state index < -0.39 is 0 Å². The number of fused-ring (bicyclic) bond motifs is 3. The SMILES string of the molecule is Cc1cccc(-n2c3ccccc3c3cc(-c4ccc(C(CC5=CCC(c6ccccc6)C=C5)c5cccc(-c6ccccc6)c5)cc4)ccc32)c1. The average Bonchev–Trinajstić information content (AvgIpc) is 3.55. The summed E-state index contributed by atoms with van der Waals surface area (Å²) >= 11 is 0. The Balaban J connectivity index is 1.07. The monoisotopic (exact) mass is 667 g/mol. The number of hydrogen-bond donors (Lipinski definition) is 0. The smallest absolute Gasteiger partial charge is 0.0541 e. The summed E-state index contributed by atoms with van der Waals surface area (Å²) < 4.78 is 2.40. The second kappa shape index (κ2) is 13.9. The van der Waals surface area contributed by atoms with Crippen LogP contribution in [0.5, 0.6) is 0 Å². The summed E-state index contributed by atoms with van der Waals surface area (Å²) in [6.07, 6.45) is 9.22. The summed E-state index contributed by atoms with van der Waals surface area (Å²) in [5, 5.41) is 2.55. The third-order valence-corrected chi connectivity index (χ3v) is 10.8. The van der Waals surface area contributed by atoms with Crippen LogP contribution in [0.2, 0.25) is 0 Å². The number of aryl methyl sites for hydroxylation is 1. The molecule has 8 aromatic rings. The summed E-state index contributed by atoms with van der Waals surface area (Å²) in [4.78, 5) is 0.